The molecule has 21 heavy (non-hydrogen) atoms. The molecule has 1 fully saturated rings. The zero-order valence-corrected chi connectivity index (χ0v) is 12.4. The molecule has 1 saturated heterocycles. The van der Waals surface area contributed by atoms with E-state index in [9.17, 15) is 0 Å². The highest BCUT2D eigenvalue weighted by Gasteiger charge is 2.28. The van der Waals surface area contributed by atoms with Crippen LogP contribution in [-0.2, 0) is 0 Å². The van der Waals surface area contributed by atoms with Crippen molar-refractivity contribution in [3.63, 3.8) is 0 Å². The first-order valence-corrected chi connectivity index (χ1v) is 7.73. The van der Waals surface area contributed by atoms with Gasteiger partial charge in [0.25, 0.3) is 0 Å². The minimum absolute atomic E-state index is 0.580. The highest BCUT2D eigenvalue weighted by atomic mass is 15.3. The van der Waals surface area contributed by atoms with E-state index < -0.39 is 0 Å². The van der Waals surface area contributed by atoms with Crippen LogP contribution in [0.4, 0.5) is 11.4 Å². The number of piperazine rings is 1. The van der Waals surface area contributed by atoms with Crippen molar-refractivity contribution >= 4 is 11.4 Å². The zero-order valence-electron chi connectivity index (χ0n) is 12.4. The summed E-state index contributed by atoms with van der Waals surface area (Å²) in [7, 11) is 0. The van der Waals surface area contributed by atoms with E-state index in [-0.39, 0.29) is 0 Å². The van der Waals surface area contributed by atoms with E-state index in [2.05, 4.69) is 64.9 Å². The zero-order chi connectivity index (χ0) is 14.2. The van der Waals surface area contributed by atoms with Gasteiger partial charge in [-0.2, -0.15) is 0 Å². The van der Waals surface area contributed by atoms with Gasteiger partial charge >= 0.3 is 0 Å². The van der Waals surface area contributed by atoms with Crippen LogP contribution in [0.2, 0.25) is 0 Å². The highest BCUT2D eigenvalue weighted by Crippen LogP contribution is 2.35. The van der Waals surface area contributed by atoms with Gasteiger partial charge in [-0.25, -0.2) is 0 Å². The van der Waals surface area contributed by atoms with Crippen LogP contribution in [0.5, 0.6) is 0 Å². The maximum absolute atomic E-state index is 3.60. The van der Waals surface area contributed by atoms with Crippen LogP contribution in [0.1, 0.15) is 5.56 Å². The van der Waals surface area contributed by atoms with Gasteiger partial charge in [0, 0.05) is 26.2 Å². The van der Waals surface area contributed by atoms with Crippen LogP contribution < -0.4 is 15.5 Å². The van der Waals surface area contributed by atoms with Gasteiger partial charge in [-0.15, -0.1) is 0 Å². The number of nitrogens with zero attached hydrogens (tertiary/aromatic N) is 1. The van der Waals surface area contributed by atoms with Gasteiger partial charge in [0.05, 0.1) is 17.4 Å². The van der Waals surface area contributed by atoms with E-state index in [0.717, 1.165) is 26.2 Å². The Balaban J connectivity index is 1.70. The molecule has 0 amide bonds. The average Bonchev–Trinajstić information content (AvgIpc) is 2.55. The molecule has 1 atom stereocenters. The Kier molecular flexibility index (Phi) is 3.08. The van der Waals surface area contributed by atoms with E-state index >= 15 is 0 Å². The maximum atomic E-state index is 3.60. The first kappa shape index (κ1) is 12.7. The van der Waals surface area contributed by atoms with Crippen molar-refractivity contribution < 1.29 is 0 Å². The molecule has 3 heteroatoms. The van der Waals surface area contributed by atoms with Crippen LogP contribution in [0.25, 0.3) is 11.1 Å². The van der Waals surface area contributed by atoms with Crippen LogP contribution >= 0.6 is 0 Å². The Bertz CT molecular complexity index is 648. The van der Waals surface area contributed by atoms with Crippen molar-refractivity contribution in [3.05, 3.63) is 48.0 Å². The summed E-state index contributed by atoms with van der Waals surface area (Å²) < 4.78 is 0. The molecule has 0 saturated carbocycles. The summed E-state index contributed by atoms with van der Waals surface area (Å²) in [5, 5.41) is 7.08. The molecule has 2 aliphatic heterocycles. The van der Waals surface area contributed by atoms with E-state index in [1.807, 2.05) is 0 Å². The van der Waals surface area contributed by atoms with E-state index in [1.165, 1.54) is 28.1 Å². The Morgan fingerprint density at radius 3 is 2.67 bits per heavy atom. The SMILES string of the molecule is Cc1ccc(-c2ccc3c(c2)NCC2CNCCN32)cc1. The van der Waals surface area contributed by atoms with Gasteiger partial charge in [-0.05, 0) is 30.2 Å². The van der Waals surface area contributed by atoms with E-state index in [0.29, 0.717) is 6.04 Å². The molecule has 0 radical (unpaired) electrons. The number of hydrogen-bond acceptors (Lipinski definition) is 3. The van der Waals surface area contributed by atoms with Crippen molar-refractivity contribution in [1.29, 1.82) is 0 Å². The topological polar surface area (TPSA) is 27.3 Å². The molecule has 1 unspecified atom stereocenters. The normalized spacial score (nSPS) is 20.4. The molecule has 0 aromatic heterocycles. The first-order valence-electron chi connectivity index (χ1n) is 7.73. The summed E-state index contributed by atoms with van der Waals surface area (Å²) in [5.41, 5.74) is 6.50. The fourth-order valence-electron chi connectivity index (χ4n) is 3.34. The largest absolute Gasteiger partial charge is 0.381 e. The molecule has 2 aliphatic rings. The molecular weight excluding hydrogens is 258 g/mol. The number of aryl methyl sites for hydroxylation is 1. The molecule has 4 rings (SSSR count). The predicted octanol–water partition coefficient (Wildman–Crippen LogP) is 2.87. The van der Waals surface area contributed by atoms with E-state index in [4.69, 9.17) is 0 Å². The van der Waals surface area contributed by atoms with Gasteiger partial charge in [0.1, 0.15) is 0 Å². The summed E-state index contributed by atoms with van der Waals surface area (Å²) in [5.74, 6) is 0. The monoisotopic (exact) mass is 279 g/mol. The van der Waals surface area contributed by atoms with Crippen LogP contribution in [0, 0.1) is 6.92 Å². The Morgan fingerprint density at radius 1 is 1.00 bits per heavy atom. The summed E-state index contributed by atoms with van der Waals surface area (Å²) in [6.45, 7) is 6.41. The number of nitrogens with one attached hydrogen (secondary N) is 2. The number of hydrogen-bond donors (Lipinski definition) is 2. The van der Waals surface area contributed by atoms with Crippen molar-refractivity contribution in [3.8, 4) is 11.1 Å². The Labute approximate surface area is 126 Å². The second kappa shape index (κ2) is 5.08. The van der Waals surface area contributed by atoms with Crippen molar-refractivity contribution in [2.45, 2.75) is 13.0 Å². The number of anilines is 2. The number of benzene rings is 2. The van der Waals surface area contributed by atoms with Crippen molar-refractivity contribution in [2.75, 3.05) is 36.4 Å². The van der Waals surface area contributed by atoms with Crippen LogP contribution in [0.15, 0.2) is 42.5 Å². The molecule has 2 aromatic carbocycles. The smallest absolute Gasteiger partial charge is 0.0606 e. The standard InChI is InChI=1S/C18H21N3/c1-13-2-4-14(5-3-13)15-6-7-18-17(10-15)20-12-16-11-19-8-9-21(16)18/h2-7,10,16,19-20H,8-9,11-12H2,1H3. The molecule has 0 bridgehead atoms. The minimum Gasteiger partial charge on any atom is -0.381 e. The second-order valence-corrected chi connectivity index (χ2v) is 6.03. The fourth-order valence-corrected chi connectivity index (χ4v) is 3.34. The summed E-state index contributed by atoms with van der Waals surface area (Å²) >= 11 is 0. The van der Waals surface area contributed by atoms with Gasteiger partial charge in [0.15, 0.2) is 0 Å². The Hall–Kier alpha value is -2.00. The molecule has 108 valence electrons. The predicted molar refractivity (Wildman–Crippen MR) is 89.1 cm³/mol. The fraction of sp³-hybridized carbons (Fsp3) is 0.333. The molecule has 2 aromatic rings. The third kappa shape index (κ3) is 2.28. The molecule has 0 aliphatic carbocycles. The van der Waals surface area contributed by atoms with E-state index in [1.54, 1.807) is 0 Å². The van der Waals surface area contributed by atoms with Gasteiger partial charge < -0.3 is 15.5 Å². The quantitative estimate of drug-likeness (QED) is 0.840. The minimum atomic E-state index is 0.580. The first-order chi connectivity index (χ1) is 10.3. The second-order valence-electron chi connectivity index (χ2n) is 6.03. The molecule has 2 N–H and O–H groups in total. The lowest BCUT2D eigenvalue weighted by molar-refractivity contribution is 0.482. The highest BCUT2D eigenvalue weighted by molar-refractivity contribution is 5.80. The molecule has 3 nitrogen and oxygen atoms in total. The number of fused-ring (bicyclic) bond motifs is 3. The van der Waals surface area contributed by atoms with Gasteiger partial charge in [-0.3, -0.25) is 0 Å². The van der Waals surface area contributed by atoms with Crippen molar-refractivity contribution in [1.82, 2.24) is 5.32 Å². The Morgan fingerprint density at radius 2 is 1.81 bits per heavy atom. The van der Waals surface area contributed by atoms with Crippen LogP contribution in [0.3, 0.4) is 0 Å². The van der Waals surface area contributed by atoms with Gasteiger partial charge in [-0.1, -0.05) is 35.9 Å². The lowest BCUT2D eigenvalue weighted by Crippen LogP contribution is -2.56. The average molecular weight is 279 g/mol. The lowest BCUT2D eigenvalue weighted by atomic mass is 10.00. The third-order valence-electron chi connectivity index (χ3n) is 4.57. The maximum Gasteiger partial charge on any atom is 0.0606 e. The summed E-state index contributed by atoms with van der Waals surface area (Å²) in [4.78, 5) is 2.54. The molecular formula is C18H21N3. The molecule has 2 heterocycles. The lowest BCUT2D eigenvalue weighted by Gasteiger charge is -2.42. The summed E-state index contributed by atoms with van der Waals surface area (Å²) in [6.07, 6.45) is 0. The molecule has 0 spiro atoms. The van der Waals surface area contributed by atoms with Crippen LogP contribution in [-0.4, -0.2) is 32.2 Å². The summed E-state index contributed by atoms with van der Waals surface area (Å²) in [6, 6.07) is 16.1. The number of rotatable bonds is 1. The van der Waals surface area contributed by atoms with Crippen molar-refractivity contribution in [2.24, 2.45) is 0 Å². The third-order valence-corrected chi connectivity index (χ3v) is 4.57. The van der Waals surface area contributed by atoms with Gasteiger partial charge in [0.2, 0.25) is 0 Å².